The fraction of sp³-hybridized carbons (Fsp3) is 0.857. The molecule has 0 unspecified atom stereocenters. The molecule has 0 rings (SSSR count). The number of hydrogen-bond donors (Lipinski definition) is 0. The molecule has 0 heterocycles. The Morgan fingerprint density at radius 2 is 1.12 bits per heavy atom. The molecule has 0 spiro atoms. The van der Waals surface area contributed by atoms with E-state index in [0.717, 1.165) is 0 Å². The summed E-state index contributed by atoms with van der Waals surface area (Å²) in [7, 11) is 0. The van der Waals surface area contributed by atoms with Crippen molar-refractivity contribution < 1.29 is 17.1 Å². The van der Waals surface area contributed by atoms with Crippen LogP contribution < -0.4 is 0 Å². The fourth-order valence-electron chi connectivity index (χ4n) is 2.21. The van der Waals surface area contributed by atoms with Gasteiger partial charge < -0.3 is 0 Å². The van der Waals surface area contributed by atoms with Gasteiger partial charge in [0, 0.05) is 0 Å². The Kier molecular flexibility index (Phi) is 15.2. The molecule has 0 aromatic heterocycles. The molecule has 2 heteroatoms. The first-order valence-corrected chi connectivity index (χ1v) is 14.5. The van der Waals surface area contributed by atoms with Crippen molar-refractivity contribution in [3.63, 3.8) is 0 Å². The normalized spacial score (nSPS) is 10.9. The van der Waals surface area contributed by atoms with Crippen molar-refractivity contribution in [2.45, 2.75) is 72.6 Å². The predicted octanol–water partition coefficient (Wildman–Crippen LogP) is 5.36. The fourth-order valence-corrected chi connectivity index (χ4v) is 14.8. The van der Waals surface area contributed by atoms with E-state index in [2.05, 4.69) is 24.9 Å². The Labute approximate surface area is 118 Å². The minimum Gasteiger partial charge on any atom is 1.00 e. The minimum atomic E-state index is -1.96. The Balaban J connectivity index is 0. The maximum Gasteiger partial charge on any atom is 1.00 e. The molecular weight excluding hydrogens is 350 g/mol. The van der Waals surface area contributed by atoms with E-state index in [1.807, 2.05) is 0 Å². The molecule has 0 atom stereocenters. The molecule has 0 N–H and O–H groups in total. The van der Waals surface area contributed by atoms with Crippen molar-refractivity contribution >= 4 is 18.4 Å². The van der Waals surface area contributed by atoms with Gasteiger partial charge in [0.15, 0.2) is 0 Å². The van der Waals surface area contributed by atoms with Crippen LogP contribution in [0, 0.1) is 6.58 Å². The van der Waals surface area contributed by atoms with E-state index in [1.165, 1.54) is 51.8 Å². The Morgan fingerprint density at radius 3 is 1.31 bits per heavy atom. The smallest absolute Gasteiger partial charge is 1.00 e. The second kappa shape index (κ2) is 12.5. The average Bonchev–Trinajstić information content (AvgIpc) is 2.29. The largest absolute Gasteiger partial charge is 1.00 e. The van der Waals surface area contributed by atoms with Gasteiger partial charge in [0.2, 0.25) is 0 Å². The average molecular weight is 380 g/mol. The van der Waals surface area contributed by atoms with Crippen molar-refractivity contribution in [3.8, 4) is 0 Å². The van der Waals surface area contributed by atoms with Gasteiger partial charge in [0.1, 0.15) is 0 Å². The van der Waals surface area contributed by atoms with Crippen LogP contribution >= 0.6 is 0 Å². The molecule has 0 nitrogen and oxygen atoms in total. The first-order chi connectivity index (χ1) is 7.24. The summed E-state index contributed by atoms with van der Waals surface area (Å²) in [5, 5.41) is 0. The second-order valence-electron chi connectivity index (χ2n) is 4.84. The molecule has 0 radical (unpaired) electrons. The van der Waals surface area contributed by atoms with Crippen LogP contribution in [0.1, 0.15) is 59.3 Å². The third kappa shape index (κ3) is 8.19. The number of hydrogen-bond acceptors (Lipinski definition) is 0. The summed E-state index contributed by atoms with van der Waals surface area (Å²) in [4.78, 5) is 0. The molecule has 0 aliphatic carbocycles. The molecule has 0 aromatic rings. The van der Waals surface area contributed by atoms with Crippen LogP contribution in [0.2, 0.25) is 13.3 Å². The second-order valence-corrected chi connectivity index (χ2v) is 17.8. The first-order valence-electron chi connectivity index (χ1n) is 6.80. The van der Waals surface area contributed by atoms with Crippen LogP contribution in [-0.2, 0) is 17.1 Å². The van der Waals surface area contributed by atoms with Crippen LogP contribution in [0.25, 0.3) is 0 Å². The van der Waals surface area contributed by atoms with Gasteiger partial charge in [-0.15, -0.1) is 0 Å². The summed E-state index contributed by atoms with van der Waals surface area (Å²) < 4.78 is 6.72. The summed E-state index contributed by atoms with van der Waals surface area (Å²) in [6.45, 7) is 12.9. The molecule has 0 fully saturated rings. The number of rotatable bonds is 10. The van der Waals surface area contributed by atoms with Gasteiger partial charge in [-0.1, -0.05) is 0 Å². The Bertz CT molecular complexity index is 135. The van der Waals surface area contributed by atoms with Gasteiger partial charge >= 0.3 is 119 Å². The molecule has 0 aliphatic heterocycles. The van der Waals surface area contributed by atoms with Crippen molar-refractivity contribution in [3.05, 3.63) is 10.7 Å². The maximum absolute atomic E-state index is 6.00. The zero-order chi connectivity index (χ0) is 11.6. The van der Waals surface area contributed by atoms with Crippen LogP contribution in [-0.4, -0.2) is 18.4 Å². The van der Waals surface area contributed by atoms with E-state index in [4.69, 9.17) is 6.58 Å². The van der Waals surface area contributed by atoms with E-state index >= 15 is 0 Å². The first kappa shape index (κ1) is 19.4. The topological polar surface area (TPSA) is 0 Å². The monoisotopic (exact) mass is 380 g/mol. The molecule has 0 aliphatic rings. The van der Waals surface area contributed by atoms with Crippen LogP contribution in [0.5, 0.6) is 0 Å². The summed E-state index contributed by atoms with van der Waals surface area (Å²) in [6, 6.07) is 0. The van der Waals surface area contributed by atoms with Gasteiger partial charge in [0.05, 0.1) is 0 Å². The summed E-state index contributed by atoms with van der Waals surface area (Å²) in [5.74, 6) is 0. The zero-order valence-corrected chi connectivity index (χ0v) is 15.1. The molecule has 0 aromatic carbocycles. The van der Waals surface area contributed by atoms with Crippen molar-refractivity contribution in [1.29, 1.82) is 0 Å². The molecule has 0 saturated carbocycles. The molecule has 16 heavy (non-hydrogen) atoms. The van der Waals surface area contributed by atoms with Crippen molar-refractivity contribution in [2.75, 3.05) is 0 Å². The van der Waals surface area contributed by atoms with E-state index in [0.29, 0.717) is 0 Å². The molecule has 0 saturated heterocycles. The predicted molar refractivity (Wildman–Crippen MR) is 73.8 cm³/mol. The van der Waals surface area contributed by atoms with Crippen LogP contribution in [0.3, 0.4) is 0 Å². The summed E-state index contributed by atoms with van der Waals surface area (Å²) in [6.07, 6.45) is 8.26. The molecule has 0 bridgehead atoms. The molecular formula is C14H29CuSn. The summed E-state index contributed by atoms with van der Waals surface area (Å²) in [5.41, 5.74) is 0. The minimum absolute atomic E-state index is 0. The third-order valence-electron chi connectivity index (χ3n) is 3.44. The van der Waals surface area contributed by atoms with E-state index < -0.39 is 18.4 Å². The SMILES string of the molecule is [CH-]=[CH][Sn]([CH2]CCC)([CH2]CCC)[CH2]CCC.[Cu+]. The quantitative estimate of drug-likeness (QED) is 0.354. The zero-order valence-electron chi connectivity index (χ0n) is 11.3. The van der Waals surface area contributed by atoms with Gasteiger partial charge in [-0.05, 0) is 0 Å². The van der Waals surface area contributed by atoms with Gasteiger partial charge in [-0.25, -0.2) is 0 Å². The van der Waals surface area contributed by atoms with Crippen molar-refractivity contribution in [1.82, 2.24) is 0 Å². The van der Waals surface area contributed by atoms with Gasteiger partial charge in [-0.2, -0.15) is 0 Å². The van der Waals surface area contributed by atoms with Gasteiger partial charge in [-0.3, -0.25) is 0 Å². The number of unbranched alkanes of at least 4 members (excludes halogenated alkanes) is 3. The Hall–Kier alpha value is 1.06. The Morgan fingerprint density at radius 1 is 0.812 bits per heavy atom. The van der Waals surface area contributed by atoms with Crippen LogP contribution in [0.15, 0.2) is 4.09 Å². The van der Waals surface area contributed by atoms with Crippen LogP contribution in [0.4, 0.5) is 0 Å². The van der Waals surface area contributed by atoms with Crippen molar-refractivity contribution in [2.24, 2.45) is 0 Å². The standard InChI is InChI=1S/3C4H9.C2H2.Cu.Sn/c3*1-3-4-2;1-2;;/h3*1,3-4H2,2H3;1-2H;;/q;;;-1;+1;. The van der Waals surface area contributed by atoms with Gasteiger partial charge in [0.25, 0.3) is 0 Å². The van der Waals surface area contributed by atoms with E-state index in [-0.39, 0.29) is 17.1 Å². The van der Waals surface area contributed by atoms with E-state index in [1.54, 1.807) is 0 Å². The van der Waals surface area contributed by atoms with E-state index in [9.17, 15) is 0 Å². The summed E-state index contributed by atoms with van der Waals surface area (Å²) >= 11 is -1.96. The third-order valence-corrected chi connectivity index (χ3v) is 17.0. The molecule has 100 valence electrons. The molecule has 0 amide bonds. The maximum atomic E-state index is 6.00.